The van der Waals surface area contributed by atoms with Gasteiger partial charge < -0.3 is 41.9 Å². The fourth-order valence-corrected chi connectivity index (χ4v) is 4.81. The number of unbranched alkanes of at least 4 members (excludes halogenated alkanes) is 2. The van der Waals surface area contributed by atoms with Gasteiger partial charge in [0.2, 0.25) is 11.8 Å². The number of hydrogen-bond acceptors (Lipinski definition) is 9. The molecule has 44 heavy (non-hydrogen) atoms. The molecule has 0 spiro atoms. The van der Waals surface area contributed by atoms with Gasteiger partial charge in [0.25, 0.3) is 0 Å². The fraction of sp³-hybridized carbons (Fsp3) is 0.567. The molecule has 0 rings (SSSR count). The summed E-state index contributed by atoms with van der Waals surface area (Å²) in [6.07, 6.45) is 15.8. The molecule has 0 aromatic rings. The summed E-state index contributed by atoms with van der Waals surface area (Å²) in [6.45, 7) is 1.41. The molecule has 0 saturated heterocycles. The molecular weight excluding hydrogens is 594 g/mol. The molecule has 0 unspecified atom stereocenters. The number of thioether (sulfide) groups is 1. The molecule has 14 heteroatoms. The quantitative estimate of drug-likeness (QED) is 0.0526. The first-order valence-corrected chi connectivity index (χ1v) is 15.6. The summed E-state index contributed by atoms with van der Waals surface area (Å²) in [4.78, 5) is 57.8. The maximum atomic E-state index is 12.6. The number of aliphatic hydroxyl groups excluding tert-OH is 2. The largest absolute Gasteiger partial charge is 0.481 e. The van der Waals surface area contributed by atoms with E-state index in [2.05, 4.69) is 17.6 Å². The molecule has 0 aromatic carbocycles. The third-order valence-electron chi connectivity index (χ3n) is 6.08. The summed E-state index contributed by atoms with van der Waals surface area (Å²) in [5.74, 6) is -5.11. The molecule has 13 nitrogen and oxygen atoms in total. The lowest BCUT2D eigenvalue weighted by molar-refractivity contribution is -0.139. The van der Waals surface area contributed by atoms with Crippen molar-refractivity contribution in [2.24, 2.45) is 5.73 Å². The number of rotatable bonds is 25. The third kappa shape index (κ3) is 22.1. The standard InChI is InChI=1S/C30H47N3O10S/c1-2-3-8-12-21(34)13-9-6-4-5-7-10-15-25(24(35)14-11-16-27(37)38)44-20-23(29(41)32-19-28(39)40)33-26(36)18-17-22(31)30(42)43/h4-7,9-10,13,15,21-25,34-35H,2-3,8,11-12,14,16-20,31H2,1H3,(H,32,41)(H,33,36)(H,37,38)(H,39,40)(H,42,43)/b6-4-,7-5+,13-9+,15-10+/t21-,22+,23-,24-,25-/m1/s1. The number of aliphatic carboxylic acids is 3. The van der Waals surface area contributed by atoms with Gasteiger partial charge in [0.05, 0.1) is 12.2 Å². The summed E-state index contributed by atoms with van der Waals surface area (Å²) < 4.78 is 0. The van der Waals surface area contributed by atoms with Crippen LogP contribution in [0, 0.1) is 0 Å². The van der Waals surface area contributed by atoms with Crippen LogP contribution >= 0.6 is 11.8 Å². The van der Waals surface area contributed by atoms with Crippen molar-refractivity contribution in [1.82, 2.24) is 10.6 Å². The van der Waals surface area contributed by atoms with Gasteiger partial charge in [-0.2, -0.15) is 0 Å². The lowest BCUT2D eigenvalue weighted by atomic mass is 10.1. The van der Waals surface area contributed by atoms with Crippen LogP contribution in [0.5, 0.6) is 0 Å². The molecule has 0 aromatic heterocycles. The average molecular weight is 642 g/mol. The average Bonchev–Trinajstić information content (AvgIpc) is 2.96. The SMILES string of the molecule is CCCCC[C@@H](O)/C=C/C=C\C=C\C=C\[C@@H](SC[C@@H](NC(=O)CC[C@H](N)C(=O)O)C(=O)NCC(=O)O)[C@H](O)CCCC(=O)O. The van der Waals surface area contributed by atoms with Gasteiger partial charge in [0.1, 0.15) is 18.6 Å². The van der Waals surface area contributed by atoms with Crippen molar-refractivity contribution in [1.29, 1.82) is 0 Å². The summed E-state index contributed by atoms with van der Waals surface area (Å²) in [7, 11) is 0. The normalized spacial score (nSPS) is 15.4. The molecule has 0 bridgehead atoms. The van der Waals surface area contributed by atoms with Crippen molar-refractivity contribution in [2.45, 2.75) is 94.3 Å². The van der Waals surface area contributed by atoms with Crippen LogP contribution in [-0.2, 0) is 24.0 Å². The zero-order valence-corrected chi connectivity index (χ0v) is 25.9. The molecule has 0 aliphatic rings. The van der Waals surface area contributed by atoms with Crippen LogP contribution in [0.15, 0.2) is 48.6 Å². The van der Waals surface area contributed by atoms with Crippen molar-refractivity contribution in [3.8, 4) is 0 Å². The number of allylic oxidation sites excluding steroid dienone is 6. The van der Waals surface area contributed by atoms with Crippen molar-refractivity contribution in [3.63, 3.8) is 0 Å². The summed E-state index contributed by atoms with van der Waals surface area (Å²) >= 11 is 1.10. The lowest BCUT2D eigenvalue weighted by Crippen LogP contribution is -2.50. The number of carbonyl (C=O) groups excluding carboxylic acids is 2. The second kappa shape index (κ2) is 24.9. The number of carboxylic acids is 3. The number of carboxylic acid groups (broad SMARTS) is 3. The molecular formula is C30H47N3O10S. The van der Waals surface area contributed by atoms with Gasteiger partial charge in [-0.3, -0.25) is 24.0 Å². The van der Waals surface area contributed by atoms with E-state index in [4.69, 9.17) is 21.1 Å². The number of amides is 2. The number of aliphatic hydroxyl groups is 2. The van der Waals surface area contributed by atoms with E-state index in [9.17, 15) is 34.2 Å². The van der Waals surface area contributed by atoms with E-state index < -0.39 is 65.8 Å². The van der Waals surface area contributed by atoms with E-state index in [1.807, 2.05) is 0 Å². The molecule has 5 atom stereocenters. The van der Waals surface area contributed by atoms with Crippen LogP contribution in [0.25, 0.3) is 0 Å². The first kappa shape index (κ1) is 40.5. The molecule has 0 radical (unpaired) electrons. The van der Waals surface area contributed by atoms with Gasteiger partial charge in [-0.05, 0) is 25.7 Å². The molecule has 0 fully saturated rings. The van der Waals surface area contributed by atoms with E-state index in [0.717, 1.165) is 31.0 Å². The highest BCUT2D eigenvalue weighted by atomic mass is 32.2. The Morgan fingerprint density at radius 1 is 0.795 bits per heavy atom. The monoisotopic (exact) mass is 641 g/mol. The Balaban J connectivity index is 5.45. The van der Waals surface area contributed by atoms with Crippen LogP contribution in [0.2, 0.25) is 0 Å². The summed E-state index contributed by atoms with van der Waals surface area (Å²) in [6, 6.07) is -2.48. The van der Waals surface area contributed by atoms with Crippen LogP contribution in [-0.4, -0.2) is 97.1 Å². The van der Waals surface area contributed by atoms with Crippen molar-refractivity contribution >= 4 is 41.5 Å². The number of nitrogens with two attached hydrogens (primary N) is 1. The predicted molar refractivity (Wildman–Crippen MR) is 168 cm³/mol. The van der Waals surface area contributed by atoms with E-state index in [1.54, 1.807) is 48.6 Å². The zero-order chi connectivity index (χ0) is 33.3. The number of nitrogens with one attached hydrogen (secondary N) is 2. The van der Waals surface area contributed by atoms with Crippen LogP contribution in [0.3, 0.4) is 0 Å². The first-order valence-electron chi connectivity index (χ1n) is 14.5. The zero-order valence-electron chi connectivity index (χ0n) is 25.0. The van der Waals surface area contributed by atoms with Gasteiger partial charge in [-0.1, -0.05) is 74.8 Å². The Kier molecular flexibility index (Phi) is 23.0. The molecule has 0 aliphatic carbocycles. The lowest BCUT2D eigenvalue weighted by Gasteiger charge is -2.23. The maximum Gasteiger partial charge on any atom is 0.322 e. The van der Waals surface area contributed by atoms with E-state index in [-0.39, 0.29) is 37.9 Å². The van der Waals surface area contributed by atoms with E-state index in [0.29, 0.717) is 6.42 Å². The topological polar surface area (TPSA) is 237 Å². The maximum absolute atomic E-state index is 12.6. The highest BCUT2D eigenvalue weighted by Crippen LogP contribution is 2.22. The highest BCUT2D eigenvalue weighted by Gasteiger charge is 2.25. The van der Waals surface area contributed by atoms with Crippen molar-refractivity contribution in [3.05, 3.63) is 48.6 Å². The number of carbonyl (C=O) groups is 5. The minimum absolute atomic E-state index is 0.0812. The Hall–Kier alpha value is -3.46. The van der Waals surface area contributed by atoms with Crippen LogP contribution in [0.4, 0.5) is 0 Å². The van der Waals surface area contributed by atoms with Crippen LogP contribution in [0.1, 0.15) is 64.7 Å². The van der Waals surface area contributed by atoms with E-state index in [1.165, 1.54) is 0 Å². The van der Waals surface area contributed by atoms with Crippen molar-refractivity contribution < 1.29 is 49.5 Å². The Morgan fingerprint density at radius 3 is 2.02 bits per heavy atom. The minimum atomic E-state index is -1.29. The molecule has 248 valence electrons. The minimum Gasteiger partial charge on any atom is -0.481 e. The van der Waals surface area contributed by atoms with Gasteiger partial charge in [0, 0.05) is 23.8 Å². The van der Waals surface area contributed by atoms with Gasteiger partial charge >= 0.3 is 17.9 Å². The Labute approximate surface area is 262 Å². The van der Waals surface area contributed by atoms with Gasteiger partial charge in [-0.15, -0.1) is 11.8 Å². The second-order valence-electron chi connectivity index (χ2n) is 9.97. The van der Waals surface area contributed by atoms with Crippen LogP contribution < -0.4 is 16.4 Å². The summed E-state index contributed by atoms with van der Waals surface area (Å²) in [5.41, 5.74) is 5.43. The van der Waals surface area contributed by atoms with Gasteiger partial charge in [-0.25, -0.2) is 0 Å². The molecule has 0 aliphatic heterocycles. The molecule has 0 heterocycles. The Bertz CT molecular complexity index is 1020. The van der Waals surface area contributed by atoms with Gasteiger partial charge in [0.15, 0.2) is 0 Å². The molecule has 9 N–H and O–H groups in total. The number of hydrogen-bond donors (Lipinski definition) is 8. The first-order chi connectivity index (χ1) is 20.9. The highest BCUT2D eigenvalue weighted by molar-refractivity contribution is 8.00. The Morgan fingerprint density at radius 2 is 1.43 bits per heavy atom. The predicted octanol–water partition coefficient (Wildman–Crippen LogP) is 1.75. The fourth-order valence-electron chi connectivity index (χ4n) is 3.60. The summed E-state index contributed by atoms with van der Waals surface area (Å²) in [5, 5.41) is 51.4. The molecule has 0 saturated carbocycles. The van der Waals surface area contributed by atoms with E-state index >= 15 is 0 Å². The molecule has 2 amide bonds. The van der Waals surface area contributed by atoms with Crippen molar-refractivity contribution in [2.75, 3.05) is 12.3 Å². The smallest absolute Gasteiger partial charge is 0.322 e. The second-order valence-corrected chi connectivity index (χ2v) is 11.2. The third-order valence-corrected chi connectivity index (χ3v) is 7.47.